The lowest BCUT2D eigenvalue weighted by Crippen LogP contribution is -2.07. The largest absolute Gasteiger partial charge is 0.465 e. The molecule has 3 heteroatoms. The maximum atomic E-state index is 11.4. The molecular formula is C16H22O3. The fourth-order valence-electron chi connectivity index (χ4n) is 1.82. The van der Waals surface area contributed by atoms with Crippen LogP contribution in [0.15, 0.2) is 30.3 Å². The monoisotopic (exact) mass is 262 g/mol. The van der Waals surface area contributed by atoms with Crippen LogP contribution in [0.2, 0.25) is 0 Å². The molecule has 0 amide bonds. The van der Waals surface area contributed by atoms with Gasteiger partial charge in [-0.25, -0.2) is 0 Å². The van der Waals surface area contributed by atoms with E-state index in [4.69, 9.17) is 4.74 Å². The van der Waals surface area contributed by atoms with Crippen molar-refractivity contribution in [2.45, 2.75) is 45.4 Å². The highest BCUT2D eigenvalue weighted by Gasteiger charge is 2.03. The standard InChI is InChI=1S/C16H22O3/c1-14(17)8-4-2-7-11-16(18)19-13-12-15-9-5-3-6-10-15/h3,5-6,9-10H,2,4,7-8,11-13H2,1H3. The van der Waals surface area contributed by atoms with Gasteiger partial charge in [0.2, 0.25) is 0 Å². The van der Waals surface area contributed by atoms with Gasteiger partial charge < -0.3 is 9.53 Å². The molecular weight excluding hydrogens is 240 g/mol. The Morgan fingerprint density at radius 2 is 1.68 bits per heavy atom. The van der Waals surface area contributed by atoms with Crippen molar-refractivity contribution in [2.75, 3.05) is 6.61 Å². The molecule has 0 aromatic heterocycles. The van der Waals surface area contributed by atoms with Crippen molar-refractivity contribution < 1.29 is 14.3 Å². The summed E-state index contributed by atoms with van der Waals surface area (Å²) in [4.78, 5) is 22.2. The molecule has 0 atom stereocenters. The molecule has 104 valence electrons. The smallest absolute Gasteiger partial charge is 0.305 e. The minimum absolute atomic E-state index is 0.140. The van der Waals surface area contributed by atoms with Crippen LogP contribution < -0.4 is 0 Å². The molecule has 0 aliphatic rings. The Hall–Kier alpha value is -1.64. The molecule has 0 aliphatic carbocycles. The van der Waals surface area contributed by atoms with Gasteiger partial charge in [0.25, 0.3) is 0 Å². The third-order valence-corrected chi connectivity index (χ3v) is 2.91. The third-order valence-electron chi connectivity index (χ3n) is 2.91. The van der Waals surface area contributed by atoms with Gasteiger partial charge in [-0.15, -0.1) is 0 Å². The lowest BCUT2D eigenvalue weighted by Gasteiger charge is -2.05. The quantitative estimate of drug-likeness (QED) is 0.506. The third kappa shape index (κ3) is 8.14. The zero-order valence-corrected chi connectivity index (χ0v) is 11.6. The van der Waals surface area contributed by atoms with Gasteiger partial charge in [-0.05, 0) is 25.3 Å². The molecule has 0 saturated carbocycles. The molecule has 0 saturated heterocycles. The van der Waals surface area contributed by atoms with Crippen LogP contribution in [0.5, 0.6) is 0 Å². The SMILES string of the molecule is CC(=O)CCCCCC(=O)OCCc1ccccc1. The first kappa shape index (κ1) is 15.4. The summed E-state index contributed by atoms with van der Waals surface area (Å²) < 4.78 is 5.17. The molecule has 0 heterocycles. The second-order valence-electron chi connectivity index (χ2n) is 4.72. The maximum absolute atomic E-state index is 11.4. The van der Waals surface area contributed by atoms with Gasteiger partial charge in [0, 0.05) is 19.3 Å². The average molecular weight is 262 g/mol. The normalized spacial score (nSPS) is 10.2. The molecule has 0 aliphatic heterocycles. The zero-order valence-electron chi connectivity index (χ0n) is 11.6. The number of unbranched alkanes of at least 4 members (excludes halogenated alkanes) is 2. The van der Waals surface area contributed by atoms with Crippen LogP contribution in [-0.4, -0.2) is 18.4 Å². The predicted molar refractivity (Wildman–Crippen MR) is 74.9 cm³/mol. The molecule has 0 bridgehead atoms. The predicted octanol–water partition coefficient (Wildman–Crippen LogP) is 3.31. The zero-order chi connectivity index (χ0) is 13.9. The number of rotatable bonds is 9. The van der Waals surface area contributed by atoms with Crippen molar-refractivity contribution in [1.29, 1.82) is 0 Å². The Bertz CT molecular complexity index is 384. The van der Waals surface area contributed by atoms with E-state index in [0.29, 0.717) is 19.4 Å². The van der Waals surface area contributed by atoms with Crippen LogP contribution in [0.4, 0.5) is 0 Å². The number of hydrogen-bond acceptors (Lipinski definition) is 3. The lowest BCUT2D eigenvalue weighted by atomic mass is 10.1. The van der Waals surface area contributed by atoms with E-state index in [-0.39, 0.29) is 11.8 Å². The fourth-order valence-corrected chi connectivity index (χ4v) is 1.82. The number of esters is 1. The van der Waals surface area contributed by atoms with E-state index < -0.39 is 0 Å². The van der Waals surface area contributed by atoms with Gasteiger partial charge in [-0.3, -0.25) is 4.79 Å². The molecule has 0 N–H and O–H groups in total. The fraction of sp³-hybridized carbons (Fsp3) is 0.500. The van der Waals surface area contributed by atoms with Crippen LogP contribution in [0, 0.1) is 0 Å². The molecule has 0 fully saturated rings. The van der Waals surface area contributed by atoms with Crippen LogP contribution in [0.3, 0.4) is 0 Å². The topological polar surface area (TPSA) is 43.4 Å². The lowest BCUT2D eigenvalue weighted by molar-refractivity contribution is -0.143. The summed E-state index contributed by atoms with van der Waals surface area (Å²) in [5, 5.41) is 0. The van der Waals surface area contributed by atoms with Gasteiger partial charge in [-0.2, -0.15) is 0 Å². The number of carbonyl (C=O) groups is 2. The second-order valence-corrected chi connectivity index (χ2v) is 4.72. The van der Waals surface area contributed by atoms with E-state index in [1.807, 2.05) is 30.3 Å². The van der Waals surface area contributed by atoms with Gasteiger partial charge in [0.15, 0.2) is 0 Å². The number of ether oxygens (including phenoxy) is 1. The van der Waals surface area contributed by atoms with Crippen molar-refractivity contribution in [1.82, 2.24) is 0 Å². The molecule has 1 aromatic rings. The first-order valence-corrected chi connectivity index (χ1v) is 6.87. The summed E-state index contributed by atoms with van der Waals surface area (Å²) in [7, 11) is 0. The van der Waals surface area contributed by atoms with Gasteiger partial charge in [0.1, 0.15) is 5.78 Å². The second kappa shape index (κ2) is 9.31. The number of ketones is 1. The first-order chi connectivity index (χ1) is 9.18. The summed E-state index contributed by atoms with van der Waals surface area (Å²) in [5.41, 5.74) is 1.18. The molecule has 0 radical (unpaired) electrons. The molecule has 0 spiro atoms. The molecule has 1 aromatic carbocycles. The molecule has 3 nitrogen and oxygen atoms in total. The van der Waals surface area contributed by atoms with Crippen LogP contribution in [-0.2, 0) is 20.7 Å². The van der Waals surface area contributed by atoms with E-state index in [2.05, 4.69) is 0 Å². The van der Waals surface area contributed by atoms with Crippen molar-refractivity contribution in [3.63, 3.8) is 0 Å². The van der Waals surface area contributed by atoms with Crippen molar-refractivity contribution in [2.24, 2.45) is 0 Å². The first-order valence-electron chi connectivity index (χ1n) is 6.87. The van der Waals surface area contributed by atoms with E-state index in [9.17, 15) is 9.59 Å². The van der Waals surface area contributed by atoms with E-state index >= 15 is 0 Å². The number of Topliss-reactive ketones (excluding diaryl/α,β-unsaturated/α-hetero) is 1. The summed E-state index contributed by atoms with van der Waals surface area (Å²) >= 11 is 0. The number of hydrogen-bond donors (Lipinski definition) is 0. The highest BCUT2D eigenvalue weighted by Crippen LogP contribution is 2.05. The Balaban J connectivity index is 2.01. The van der Waals surface area contributed by atoms with E-state index in [1.54, 1.807) is 6.92 Å². The summed E-state index contributed by atoms with van der Waals surface area (Å²) in [6.45, 7) is 2.04. The number of carbonyl (C=O) groups excluding carboxylic acids is 2. The molecule has 0 unspecified atom stereocenters. The van der Waals surface area contributed by atoms with Crippen LogP contribution in [0.1, 0.15) is 44.6 Å². The average Bonchev–Trinajstić information content (AvgIpc) is 2.39. The van der Waals surface area contributed by atoms with Crippen molar-refractivity contribution in [3.05, 3.63) is 35.9 Å². The summed E-state index contributed by atoms with van der Waals surface area (Å²) in [5.74, 6) is 0.0733. The van der Waals surface area contributed by atoms with Gasteiger partial charge >= 0.3 is 5.97 Å². The Morgan fingerprint density at radius 1 is 1.00 bits per heavy atom. The van der Waals surface area contributed by atoms with Crippen molar-refractivity contribution in [3.8, 4) is 0 Å². The van der Waals surface area contributed by atoms with E-state index in [1.165, 1.54) is 5.56 Å². The van der Waals surface area contributed by atoms with E-state index in [0.717, 1.165) is 25.7 Å². The Morgan fingerprint density at radius 3 is 2.37 bits per heavy atom. The Labute approximate surface area is 115 Å². The number of benzene rings is 1. The minimum atomic E-state index is -0.140. The van der Waals surface area contributed by atoms with Crippen molar-refractivity contribution >= 4 is 11.8 Å². The maximum Gasteiger partial charge on any atom is 0.305 e. The highest BCUT2D eigenvalue weighted by atomic mass is 16.5. The van der Waals surface area contributed by atoms with Crippen LogP contribution in [0.25, 0.3) is 0 Å². The molecule has 1 rings (SSSR count). The van der Waals surface area contributed by atoms with Gasteiger partial charge in [0.05, 0.1) is 6.61 Å². The minimum Gasteiger partial charge on any atom is -0.465 e. The summed E-state index contributed by atoms with van der Waals surface area (Å²) in [6.07, 6.45) is 4.41. The van der Waals surface area contributed by atoms with Gasteiger partial charge in [-0.1, -0.05) is 36.8 Å². The Kier molecular flexibility index (Phi) is 7.56. The molecule has 19 heavy (non-hydrogen) atoms. The summed E-state index contributed by atoms with van der Waals surface area (Å²) in [6, 6.07) is 9.97. The highest BCUT2D eigenvalue weighted by molar-refractivity contribution is 5.75. The van der Waals surface area contributed by atoms with Crippen LogP contribution >= 0.6 is 0 Å².